The van der Waals surface area contributed by atoms with Crippen LogP contribution in [0.2, 0.25) is 10.0 Å². The molecular weight excluding hydrogens is 385 g/mol. The summed E-state index contributed by atoms with van der Waals surface area (Å²) in [7, 11) is 0. The van der Waals surface area contributed by atoms with Gasteiger partial charge in [-0.2, -0.15) is 5.10 Å². The molecule has 0 unspecified atom stereocenters. The second-order valence-electron chi connectivity index (χ2n) is 6.03. The second-order valence-corrected chi connectivity index (χ2v) is 6.87. The number of hydrogen-bond acceptors (Lipinski definition) is 3. The molecule has 1 aliphatic rings. The predicted molar refractivity (Wildman–Crippen MR) is 108 cm³/mol. The van der Waals surface area contributed by atoms with Crippen LogP contribution in [-0.4, -0.2) is 24.6 Å². The van der Waals surface area contributed by atoms with Crippen molar-refractivity contribution < 1.29 is 9.59 Å². The lowest BCUT2D eigenvalue weighted by atomic mass is 10.1. The number of hydrazone groups is 1. The minimum atomic E-state index is -0.408. The molecule has 3 aromatic rings. The zero-order valence-electron chi connectivity index (χ0n) is 13.9. The summed E-state index contributed by atoms with van der Waals surface area (Å²) < 4.78 is 0. The van der Waals surface area contributed by atoms with Crippen LogP contribution < -0.4 is 10.3 Å². The number of rotatable bonds is 4. The van der Waals surface area contributed by atoms with Gasteiger partial charge in [0.25, 0.3) is 11.8 Å². The summed E-state index contributed by atoms with van der Waals surface area (Å²) in [5.41, 5.74) is 4.38. The summed E-state index contributed by atoms with van der Waals surface area (Å²) in [6, 6.07) is 16.2. The zero-order chi connectivity index (χ0) is 19.0. The average Bonchev–Trinajstić information content (AvgIpc) is 2.92. The molecule has 0 spiro atoms. The molecule has 0 saturated heterocycles. The molecule has 1 aliphatic heterocycles. The summed E-state index contributed by atoms with van der Waals surface area (Å²) >= 11 is 11.9. The number of carbonyl (C=O) groups excluding carboxylic acids is 2. The van der Waals surface area contributed by atoms with Crippen LogP contribution in [0.3, 0.4) is 0 Å². The van der Waals surface area contributed by atoms with Crippen LogP contribution >= 0.6 is 23.2 Å². The van der Waals surface area contributed by atoms with E-state index in [0.29, 0.717) is 21.2 Å². The second kappa shape index (κ2) is 7.02. The summed E-state index contributed by atoms with van der Waals surface area (Å²) in [6.45, 7) is -0.127. The molecular formula is C20H13Cl2N3O2. The number of nitrogens with zero attached hydrogens (tertiary/aromatic N) is 2. The van der Waals surface area contributed by atoms with Crippen LogP contribution in [0.4, 0.5) is 5.69 Å². The van der Waals surface area contributed by atoms with Crippen LogP contribution in [0.15, 0.2) is 59.7 Å². The topological polar surface area (TPSA) is 61.8 Å². The van der Waals surface area contributed by atoms with E-state index >= 15 is 0 Å². The van der Waals surface area contributed by atoms with Gasteiger partial charge in [0.05, 0.1) is 16.9 Å². The molecule has 5 nitrogen and oxygen atoms in total. The molecule has 0 saturated carbocycles. The number of amides is 2. The third kappa shape index (κ3) is 3.27. The van der Waals surface area contributed by atoms with E-state index in [1.807, 2.05) is 30.3 Å². The zero-order valence-corrected chi connectivity index (χ0v) is 15.5. The fraction of sp³-hybridized carbons (Fsp3) is 0.0500. The maximum atomic E-state index is 12.7. The van der Waals surface area contributed by atoms with E-state index in [9.17, 15) is 9.59 Å². The molecule has 1 N–H and O–H groups in total. The molecule has 1 heterocycles. The maximum Gasteiger partial charge on any atom is 0.260 e. The van der Waals surface area contributed by atoms with Crippen molar-refractivity contribution in [1.29, 1.82) is 0 Å². The van der Waals surface area contributed by atoms with Gasteiger partial charge in [-0.1, -0.05) is 53.5 Å². The Balaban J connectivity index is 1.49. The standard InChI is InChI=1S/C20H13Cl2N3O2/c21-14-8-7-13(16(22)9-14)10-23-24-18(26)11-25-17-6-2-4-12-3-1-5-15(19(12)17)20(25)27/h1-10H,11H2,(H,24,26)/b23-10-. The molecule has 0 bridgehead atoms. The van der Waals surface area contributed by atoms with Gasteiger partial charge >= 0.3 is 0 Å². The van der Waals surface area contributed by atoms with Crippen molar-refractivity contribution in [3.8, 4) is 0 Å². The van der Waals surface area contributed by atoms with E-state index < -0.39 is 5.91 Å². The van der Waals surface area contributed by atoms with Crippen LogP contribution in [0.25, 0.3) is 10.8 Å². The van der Waals surface area contributed by atoms with Crippen LogP contribution in [0.5, 0.6) is 0 Å². The van der Waals surface area contributed by atoms with Crippen LogP contribution in [0.1, 0.15) is 15.9 Å². The first kappa shape index (κ1) is 17.5. The first-order valence-corrected chi connectivity index (χ1v) is 8.91. The number of anilines is 1. The van der Waals surface area contributed by atoms with Crippen molar-refractivity contribution in [3.63, 3.8) is 0 Å². The van der Waals surface area contributed by atoms with Crippen LogP contribution in [0, 0.1) is 0 Å². The van der Waals surface area contributed by atoms with E-state index in [4.69, 9.17) is 23.2 Å². The van der Waals surface area contributed by atoms with Gasteiger partial charge < -0.3 is 0 Å². The fourth-order valence-electron chi connectivity index (χ4n) is 3.10. The SMILES string of the molecule is O=C(CN1C(=O)c2cccc3cccc1c23)N/N=C\c1ccc(Cl)cc1Cl. The molecule has 134 valence electrons. The van der Waals surface area contributed by atoms with Gasteiger partial charge in [-0.3, -0.25) is 14.5 Å². The lowest BCUT2D eigenvalue weighted by Gasteiger charge is -2.16. The molecule has 0 aromatic heterocycles. The van der Waals surface area contributed by atoms with Crippen molar-refractivity contribution in [1.82, 2.24) is 5.43 Å². The van der Waals surface area contributed by atoms with Crippen molar-refractivity contribution in [2.75, 3.05) is 11.4 Å². The number of halogens is 2. The Bertz CT molecular complexity index is 1110. The number of nitrogens with one attached hydrogen (secondary N) is 1. The Kier molecular flexibility index (Phi) is 4.56. The van der Waals surface area contributed by atoms with Crippen molar-refractivity contribution >= 4 is 57.7 Å². The van der Waals surface area contributed by atoms with E-state index in [-0.39, 0.29) is 12.5 Å². The highest BCUT2D eigenvalue weighted by Gasteiger charge is 2.30. The highest BCUT2D eigenvalue weighted by molar-refractivity contribution is 6.36. The Hall–Kier alpha value is -2.89. The normalized spacial score (nSPS) is 13.0. The lowest BCUT2D eigenvalue weighted by Crippen LogP contribution is -2.37. The van der Waals surface area contributed by atoms with E-state index in [2.05, 4.69) is 10.5 Å². The minimum absolute atomic E-state index is 0.127. The minimum Gasteiger partial charge on any atom is -0.298 e. The van der Waals surface area contributed by atoms with E-state index in [1.54, 1.807) is 24.3 Å². The molecule has 0 aliphatic carbocycles. The van der Waals surface area contributed by atoms with Crippen molar-refractivity contribution in [2.45, 2.75) is 0 Å². The van der Waals surface area contributed by atoms with Gasteiger partial charge in [-0.05, 0) is 29.7 Å². The molecule has 0 fully saturated rings. The summed E-state index contributed by atoms with van der Waals surface area (Å²) in [5, 5.41) is 6.69. The number of benzene rings is 3. The molecule has 0 radical (unpaired) electrons. The first-order chi connectivity index (χ1) is 13.0. The average molecular weight is 398 g/mol. The summed E-state index contributed by atoms with van der Waals surface area (Å²) in [6.07, 6.45) is 1.43. The molecule has 27 heavy (non-hydrogen) atoms. The fourth-order valence-corrected chi connectivity index (χ4v) is 3.55. The van der Waals surface area contributed by atoms with Gasteiger partial charge in [-0.15, -0.1) is 0 Å². The van der Waals surface area contributed by atoms with Gasteiger partial charge in [0, 0.05) is 21.5 Å². The first-order valence-electron chi connectivity index (χ1n) is 8.15. The molecule has 3 aromatic carbocycles. The molecule has 2 amide bonds. The third-order valence-electron chi connectivity index (χ3n) is 4.31. The number of hydrogen-bond donors (Lipinski definition) is 1. The van der Waals surface area contributed by atoms with E-state index in [0.717, 1.165) is 16.5 Å². The van der Waals surface area contributed by atoms with Gasteiger partial charge in [0.1, 0.15) is 6.54 Å². The lowest BCUT2D eigenvalue weighted by molar-refractivity contribution is -0.119. The Labute approximate surface area is 165 Å². The maximum absolute atomic E-state index is 12.7. The van der Waals surface area contributed by atoms with Gasteiger partial charge in [0.2, 0.25) is 0 Å². The van der Waals surface area contributed by atoms with E-state index in [1.165, 1.54) is 11.1 Å². The molecule has 0 atom stereocenters. The van der Waals surface area contributed by atoms with Gasteiger partial charge in [0.15, 0.2) is 0 Å². The number of carbonyl (C=O) groups is 2. The highest BCUT2D eigenvalue weighted by atomic mass is 35.5. The Morgan fingerprint density at radius 2 is 1.89 bits per heavy atom. The van der Waals surface area contributed by atoms with Crippen molar-refractivity contribution in [2.24, 2.45) is 5.10 Å². The van der Waals surface area contributed by atoms with Crippen molar-refractivity contribution in [3.05, 3.63) is 75.8 Å². The Morgan fingerprint density at radius 1 is 1.11 bits per heavy atom. The predicted octanol–water partition coefficient (Wildman–Crippen LogP) is 4.26. The largest absolute Gasteiger partial charge is 0.298 e. The summed E-state index contributed by atoms with van der Waals surface area (Å²) in [4.78, 5) is 26.4. The smallest absolute Gasteiger partial charge is 0.260 e. The summed E-state index contributed by atoms with van der Waals surface area (Å²) in [5.74, 6) is -0.601. The third-order valence-corrected chi connectivity index (χ3v) is 4.87. The van der Waals surface area contributed by atoms with Gasteiger partial charge in [-0.25, -0.2) is 5.43 Å². The van der Waals surface area contributed by atoms with Crippen LogP contribution in [-0.2, 0) is 4.79 Å². The molecule has 4 rings (SSSR count). The Morgan fingerprint density at radius 3 is 2.67 bits per heavy atom. The monoisotopic (exact) mass is 397 g/mol. The quantitative estimate of drug-likeness (QED) is 0.528. The highest BCUT2D eigenvalue weighted by Crippen LogP contribution is 2.36. The molecule has 7 heteroatoms.